The summed E-state index contributed by atoms with van der Waals surface area (Å²) in [6, 6.07) is 7.91. The molecular weight excluding hydrogens is 411 g/mol. The fourth-order valence-corrected chi connectivity index (χ4v) is 3.11. The number of nitrogens with two attached hydrogens (primary N) is 1. The highest BCUT2D eigenvalue weighted by Gasteiger charge is 2.10. The van der Waals surface area contributed by atoms with Gasteiger partial charge < -0.3 is 10.5 Å². The number of pyridine rings is 1. The number of benzene rings is 1. The van der Waals surface area contributed by atoms with Crippen LogP contribution in [0.1, 0.15) is 0 Å². The molecule has 0 amide bonds. The van der Waals surface area contributed by atoms with Gasteiger partial charge in [0.1, 0.15) is 11.6 Å². The number of hydrogen-bond acceptors (Lipinski definition) is 6. The molecule has 2 N–H and O–H groups in total. The summed E-state index contributed by atoms with van der Waals surface area (Å²) in [5.41, 5.74) is 8.55. The number of halogens is 1. The summed E-state index contributed by atoms with van der Waals surface area (Å²) in [6.45, 7) is 0. The summed E-state index contributed by atoms with van der Waals surface area (Å²) in [5.74, 6) is 1.23. The maximum absolute atomic E-state index is 6.13. The van der Waals surface area contributed by atoms with E-state index in [1.165, 1.54) is 11.8 Å². The fraction of sp³-hybridized carbons (Fsp3) is 0.133. The molecule has 0 saturated heterocycles. The molecule has 2 aromatic heterocycles. The smallest absolute Gasteiger partial charge is 0.189 e. The Morgan fingerprint density at radius 3 is 2.73 bits per heavy atom. The molecule has 7 heteroatoms. The van der Waals surface area contributed by atoms with Gasteiger partial charge in [0.05, 0.1) is 7.11 Å². The Hall–Kier alpha value is -1.61. The zero-order chi connectivity index (χ0) is 15.7. The summed E-state index contributed by atoms with van der Waals surface area (Å²) in [7, 11) is 1.65. The summed E-state index contributed by atoms with van der Waals surface area (Å²) < 4.78 is 6.39. The second kappa shape index (κ2) is 6.25. The van der Waals surface area contributed by atoms with Crippen LogP contribution in [-0.4, -0.2) is 28.3 Å². The van der Waals surface area contributed by atoms with Crippen LogP contribution in [0.25, 0.3) is 22.2 Å². The zero-order valence-electron chi connectivity index (χ0n) is 12.0. The van der Waals surface area contributed by atoms with Crippen LogP contribution in [-0.2, 0) is 0 Å². The van der Waals surface area contributed by atoms with Gasteiger partial charge in [0.15, 0.2) is 10.8 Å². The Bertz CT molecular complexity index is 856. The second-order valence-corrected chi connectivity index (χ2v) is 6.59. The van der Waals surface area contributed by atoms with Crippen molar-refractivity contribution < 1.29 is 4.74 Å². The minimum Gasteiger partial charge on any atom is -0.497 e. The molecule has 0 unspecified atom stereocenters. The molecule has 0 spiro atoms. The molecule has 0 aliphatic heterocycles. The van der Waals surface area contributed by atoms with Crippen molar-refractivity contribution in [2.45, 2.75) is 5.16 Å². The lowest BCUT2D eigenvalue weighted by Gasteiger charge is -2.10. The van der Waals surface area contributed by atoms with Crippen molar-refractivity contribution in [3.05, 3.63) is 34.0 Å². The van der Waals surface area contributed by atoms with Crippen LogP contribution < -0.4 is 10.5 Å². The first-order chi connectivity index (χ1) is 10.6. The summed E-state index contributed by atoms with van der Waals surface area (Å²) in [5, 5.41) is 1.54. The Kier molecular flexibility index (Phi) is 4.34. The number of fused-ring (bicyclic) bond motifs is 1. The van der Waals surface area contributed by atoms with Crippen molar-refractivity contribution in [2.75, 3.05) is 19.1 Å². The summed E-state index contributed by atoms with van der Waals surface area (Å²) >= 11 is 3.73. The van der Waals surface area contributed by atoms with Gasteiger partial charge >= 0.3 is 0 Å². The molecule has 0 fully saturated rings. The van der Waals surface area contributed by atoms with E-state index in [1.54, 1.807) is 13.3 Å². The minimum atomic E-state index is 0.447. The molecule has 0 saturated carbocycles. The predicted octanol–water partition coefficient (Wildman–Crippen LogP) is 3.61. The topological polar surface area (TPSA) is 73.9 Å². The average Bonchev–Trinajstić information content (AvgIpc) is 2.52. The SMILES string of the molecule is COc1cc(I)cc(-c2cc3cnc(SC)nc3nc2N)c1. The molecular formula is C15H13IN4OS. The standard InChI is InChI=1S/C15H13IN4OS/c1-21-11-4-8(3-10(16)6-11)12-5-9-7-18-15(22-2)20-14(9)19-13(12)17/h3-7H,1-2H3,(H2,17,18,19,20). The van der Waals surface area contributed by atoms with E-state index in [0.29, 0.717) is 16.6 Å². The lowest BCUT2D eigenvalue weighted by atomic mass is 10.1. The molecule has 5 nitrogen and oxygen atoms in total. The monoisotopic (exact) mass is 424 g/mol. The van der Waals surface area contributed by atoms with E-state index in [-0.39, 0.29) is 0 Å². The maximum atomic E-state index is 6.13. The Labute approximate surface area is 145 Å². The third-order valence-corrected chi connectivity index (χ3v) is 4.36. The van der Waals surface area contributed by atoms with Crippen molar-refractivity contribution >= 4 is 51.2 Å². The van der Waals surface area contributed by atoms with E-state index >= 15 is 0 Å². The first kappa shape index (κ1) is 15.3. The van der Waals surface area contributed by atoms with Gasteiger partial charge in [0.25, 0.3) is 0 Å². The first-order valence-electron chi connectivity index (χ1n) is 6.43. The molecule has 0 aliphatic carbocycles. The van der Waals surface area contributed by atoms with Crippen LogP contribution in [0.2, 0.25) is 0 Å². The zero-order valence-corrected chi connectivity index (χ0v) is 15.0. The molecule has 0 bridgehead atoms. The van der Waals surface area contributed by atoms with E-state index < -0.39 is 0 Å². The average molecular weight is 424 g/mol. The normalized spacial score (nSPS) is 10.9. The number of rotatable bonds is 3. The fourth-order valence-electron chi connectivity index (χ4n) is 2.13. The van der Waals surface area contributed by atoms with Crippen LogP contribution >= 0.6 is 34.4 Å². The Morgan fingerprint density at radius 1 is 1.18 bits per heavy atom. The summed E-state index contributed by atoms with van der Waals surface area (Å²) in [4.78, 5) is 13.1. The molecule has 0 atom stereocenters. The van der Waals surface area contributed by atoms with Crippen molar-refractivity contribution in [1.82, 2.24) is 15.0 Å². The van der Waals surface area contributed by atoms with E-state index in [2.05, 4.69) is 37.5 Å². The van der Waals surface area contributed by atoms with Crippen LogP contribution in [0.4, 0.5) is 5.82 Å². The van der Waals surface area contributed by atoms with Crippen molar-refractivity contribution in [3.8, 4) is 16.9 Å². The molecule has 2 heterocycles. The van der Waals surface area contributed by atoms with Crippen LogP contribution in [0.3, 0.4) is 0 Å². The van der Waals surface area contributed by atoms with Crippen molar-refractivity contribution in [2.24, 2.45) is 0 Å². The molecule has 1 aromatic carbocycles. The lowest BCUT2D eigenvalue weighted by molar-refractivity contribution is 0.414. The van der Waals surface area contributed by atoms with Crippen LogP contribution in [0, 0.1) is 3.57 Å². The van der Waals surface area contributed by atoms with Gasteiger partial charge in [-0.15, -0.1) is 0 Å². The lowest BCUT2D eigenvalue weighted by Crippen LogP contribution is -1.98. The molecule has 0 aliphatic rings. The number of nitrogens with zero attached hydrogens (tertiary/aromatic N) is 3. The molecule has 22 heavy (non-hydrogen) atoms. The van der Waals surface area contributed by atoms with Gasteiger partial charge in [-0.1, -0.05) is 11.8 Å². The highest BCUT2D eigenvalue weighted by Crippen LogP contribution is 2.32. The molecule has 3 aromatic rings. The van der Waals surface area contributed by atoms with E-state index in [4.69, 9.17) is 10.5 Å². The number of hydrogen-bond donors (Lipinski definition) is 1. The third kappa shape index (κ3) is 2.95. The highest BCUT2D eigenvalue weighted by atomic mass is 127. The number of thioether (sulfide) groups is 1. The van der Waals surface area contributed by atoms with E-state index in [9.17, 15) is 0 Å². The Morgan fingerprint density at radius 2 is 2.00 bits per heavy atom. The minimum absolute atomic E-state index is 0.447. The van der Waals surface area contributed by atoms with Gasteiger partial charge in [-0.25, -0.2) is 15.0 Å². The number of nitrogen functional groups attached to an aromatic ring is 1. The number of methoxy groups -OCH3 is 1. The number of ether oxygens (including phenoxy) is 1. The van der Waals surface area contributed by atoms with Gasteiger partial charge in [0, 0.05) is 20.7 Å². The quantitative estimate of drug-likeness (QED) is 0.394. The third-order valence-electron chi connectivity index (χ3n) is 3.18. The van der Waals surface area contributed by atoms with E-state index in [0.717, 1.165) is 25.8 Å². The van der Waals surface area contributed by atoms with E-state index in [1.807, 2.05) is 30.5 Å². The van der Waals surface area contributed by atoms with Gasteiger partial charge in [-0.05, 0) is 58.7 Å². The van der Waals surface area contributed by atoms with Gasteiger partial charge in [-0.3, -0.25) is 0 Å². The van der Waals surface area contributed by atoms with Crippen LogP contribution in [0.5, 0.6) is 5.75 Å². The van der Waals surface area contributed by atoms with Crippen molar-refractivity contribution in [1.29, 1.82) is 0 Å². The predicted molar refractivity (Wildman–Crippen MR) is 98.2 cm³/mol. The number of aromatic nitrogens is 3. The number of anilines is 1. The molecule has 3 rings (SSSR count). The highest BCUT2D eigenvalue weighted by molar-refractivity contribution is 14.1. The summed E-state index contributed by atoms with van der Waals surface area (Å²) in [6.07, 6.45) is 3.70. The molecule has 112 valence electrons. The maximum Gasteiger partial charge on any atom is 0.189 e. The molecule has 0 radical (unpaired) electrons. The Balaban J connectivity index is 2.18. The largest absolute Gasteiger partial charge is 0.497 e. The second-order valence-electron chi connectivity index (χ2n) is 4.57. The van der Waals surface area contributed by atoms with Gasteiger partial charge in [-0.2, -0.15) is 0 Å². The van der Waals surface area contributed by atoms with Gasteiger partial charge in [0.2, 0.25) is 0 Å². The first-order valence-corrected chi connectivity index (χ1v) is 8.73. The van der Waals surface area contributed by atoms with Crippen LogP contribution in [0.15, 0.2) is 35.6 Å². The van der Waals surface area contributed by atoms with Crippen molar-refractivity contribution in [3.63, 3.8) is 0 Å².